The van der Waals surface area contributed by atoms with Gasteiger partial charge in [0, 0.05) is 16.9 Å². The predicted molar refractivity (Wildman–Crippen MR) is 58.0 cm³/mol. The largest absolute Gasteiger partial charge is 0.465 e. The minimum atomic E-state index is -0.662. The summed E-state index contributed by atoms with van der Waals surface area (Å²) in [5.41, 5.74) is 5.56. The Bertz CT molecular complexity index is 336. The lowest BCUT2D eigenvalue weighted by Crippen LogP contribution is -2.30. The van der Waals surface area contributed by atoms with Crippen LogP contribution in [0.1, 0.15) is 20.3 Å². The van der Waals surface area contributed by atoms with E-state index in [9.17, 15) is 9.59 Å². The van der Waals surface area contributed by atoms with Crippen LogP contribution in [0, 0.1) is 0 Å². The van der Waals surface area contributed by atoms with Gasteiger partial charge in [-0.05, 0) is 13.8 Å². The van der Waals surface area contributed by atoms with Crippen molar-refractivity contribution in [2.45, 2.75) is 25.0 Å². The summed E-state index contributed by atoms with van der Waals surface area (Å²) in [6.07, 6.45) is 0.588. The summed E-state index contributed by atoms with van der Waals surface area (Å²) >= 11 is 1.39. The number of urea groups is 1. The number of thioether (sulfide) groups is 1. The van der Waals surface area contributed by atoms with E-state index in [4.69, 9.17) is 5.73 Å². The number of esters is 1. The number of rotatable bonds is 2. The van der Waals surface area contributed by atoms with Crippen LogP contribution in [0.5, 0.6) is 0 Å². The lowest BCUT2D eigenvalue weighted by molar-refractivity contribution is -0.135. The molecule has 0 radical (unpaired) electrons. The molecule has 1 aliphatic heterocycles. The number of carbonyl (C=O) groups is 2. The summed E-state index contributed by atoms with van der Waals surface area (Å²) in [4.78, 5) is 22.6. The highest BCUT2D eigenvalue weighted by molar-refractivity contribution is 8.05. The highest BCUT2D eigenvalue weighted by Gasteiger charge is 2.36. The second-order valence-corrected chi connectivity index (χ2v) is 5.54. The fourth-order valence-electron chi connectivity index (χ4n) is 1.39. The molecule has 2 amide bonds. The van der Waals surface area contributed by atoms with Gasteiger partial charge in [-0.25, -0.2) is 9.59 Å². The Balaban J connectivity index is 2.92. The van der Waals surface area contributed by atoms with Crippen LogP contribution in [0.4, 0.5) is 4.79 Å². The van der Waals surface area contributed by atoms with E-state index in [2.05, 4.69) is 10.1 Å². The molecular weight excluding hydrogens is 216 g/mol. The minimum Gasteiger partial charge on any atom is -0.465 e. The molecule has 15 heavy (non-hydrogen) atoms. The standard InChI is InChI=1S/C9H14N2O3S/c1-9(2)4-5(11-8(10)13)6(15-9)7(12)14-3/h4H2,1-3H3,(H3,10,11,13). The Labute approximate surface area is 92.4 Å². The van der Waals surface area contributed by atoms with Crippen LogP contribution in [-0.2, 0) is 9.53 Å². The monoisotopic (exact) mass is 230 g/mol. The second-order valence-electron chi connectivity index (χ2n) is 3.83. The molecule has 0 aromatic carbocycles. The molecule has 0 spiro atoms. The number of nitrogens with one attached hydrogen (secondary N) is 1. The van der Waals surface area contributed by atoms with Gasteiger partial charge in [0.15, 0.2) is 0 Å². The summed E-state index contributed by atoms with van der Waals surface area (Å²) < 4.78 is 4.51. The molecular formula is C9H14N2O3S. The molecule has 5 nitrogen and oxygen atoms in total. The molecule has 84 valence electrons. The van der Waals surface area contributed by atoms with E-state index in [1.807, 2.05) is 13.8 Å². The van der Waals surface area contributed by atoms with Crippen molar-refractivity contribution in [2.75, 3.05) is 7.11 Å². The van der Waals surface area contributed by atoms with Crippen molar-refractivity contribution < 1.29 is 14.3 Å². The number of carbonyl (C=O) groups excluding carboxylic acids is 2. The van der Waals surface area contributed by atoms with E-state index in [0.29, 0.717) is 17.0 Å². The van der Waals surface area contributed by atoms with Crippen LogP contribution in [0.25, 0.3) is 0 Å². The molecule has 1 rings (SSSR count). The Morgan fingerprint density at radius 2 is 2.13 bits per heavy atom. The van der Waals surface area contributed by atoms with E-state index in [0.717, 1.165) is 0 Å². The molecule has 0 saturated carbocycles. The number of ether oxygens (including phenoxy) is 1. The zero-order chi connectivity index (χ0) is 11.6. The zero-order valence-corrected chi connectivity index (χ0v) is 9.73. The number of nitrogens with two attached hydrogens (primary N) is 1. The van der Waals surface area contributed by atoms with Crippen LogP contribution in [0.15, 0.2) is 10.6 Å². The third-order valence-corrected chi connectivity index (χ3v) is 3.21. The molecule has 0 aliphatic carbocycles. The van der Waals surface area contributed by atoms with Gasteiger partial charge in [0.25, 0.3) is 0 Å². The maximum absolute atomic E-state index is 11.4. The van der Waals surface area contributed by atoms with E-state index >= 15 is 0 Å². The van der Waals surface area contributed by atoms with Gasteiger partial charge in [-0.3, -0.25) is 0 Å². The van der Waals surface area contributed by atoms with Crippen molar-refractivity contribution in [1.82, 2.24) is 5.32 Å². The zero-order valence-electron chi connectivity index (χ0n) is 8.92. The van der Waals surface area contributed by atoms with Gasteiger partial charge < -0.3 is 15.8 Å². The van der Waals surface area contributed by atoms with Crippen molar-refractivity contribution in [3.05, 3.63) is 10.6 Å². The predicted octanol–water partition coefficient (Wildman–Crippen LogP) is 0.955. The molecule has 6 heteroatoms. The lowest BCUT2D eigenvalue weighted by atomic mass is 10.1. The first-order valence-corrected chi connectivity index (χ1v) is 5.24. The Kier molecular flexibility index (Phi) is 3.28. The molecule has 0 aromatic rings. The topological polar surface area (TPSA) is 81.4 Å². The fraction of sp³-hybridized carbons (Fsp3) is 0.556. The molecule has 0 aromatic heterocycles. The maximum atomic E-state index is 11.4. The molecule has 0 saturated heterocycles. The third-order valence-electron chi connectivity index (χ3n) is 1.90. The quantitative estimate of drug-likeness (QED) is 0.692. The smallest absolute Gasteiger partial charge is 0.346 e. The van der Waals surface area contributed by atoms with E-state index in [1.165, 1.54) is 18.9 Å². The van der Waals surface area contributed by atoms with Crippen molar-refractivity contribution in [1.29, 1.82) is 0 Å². The average molecular weight is 230 g/mol. The molecule has 1 aliphatic rings. The molecule has 1 heterocycles. The van der Waals surface area contributed by atoms with Crippen LogP contribution in [0.3, 0.4) is 0 Å². The number of hydrogen-bond donors (Lipinski definition) is 2. The van der Waals surface area contributed by atoms with Gasteiger partial charge in [0.2, 0.25) is 0 Å². The number of hydrogen-bond acceptors (Lipinski definition) is 4. The first-order valence-electron chi connectivity index (χ1n) is 4.42. The summed E-state index contributed by atoms with van der Waals surface area (Å²) in [7, 11) is 1.31. The van der Waals surface area contributed by atoms with Crippen molar-refractivity contribution in [2.24, 2.45) is 5.73 Å². The molecule has 0 fully saturated rings. The van der Waals surface area contributed by atoms with E-state index in [-0.39, 0.29) is 4.75 Å². The SMILES string of the molecule is COC(=O)C1=C(NC(N)=O)CC(C)(C)S1. The van der Waals surface area contributed by atoms with Crippen LogP contribution >= 0.6 is 11.8 Å². The molecule has 0 atom stereocenters. The third kappa shape index (κ3) is 2.89. The highest BCUT2D eigenvalue weighted by atomic mass is 32.2. The lowest BCUT2D eigenvalue weighted by Gasteiger charge is -2.15. The van der Waals surface area contributed by atoms with Gasteiger partial charge in [-0.1, -0.05) is 0 Å². The van der Waals surface area contributed by atoms with Gasteiger partial charge >= 0.3 is 12.0 Å². The van der Waals surface area contributed by atoms with Gasteiger partial charge in [0.05, 0.1) is 7.11 Å². The number of methoxy groups -OCH3 is 1. The first kappa shape index (κ1) is 11.9. The van der Waals surface area contributed by atoms with Crippen LogP contribution in [0.2, 0.25) is 0 Å². The van der Waals surface area contributed by atoms with Gasteiger partial charge in [-0.15, -0.1) is 11.8 Å². The van der Waals surface area contributed by atoms with Crippen molar-refractivity contribution in [3.8, 4) is 0 Å². The summed E-state index contributed by atoms with van der Waals surface area (Å²) in [5.74, 6) is -0.436. The summed E-state index contributed by atoms with van der Waals surface area (Å²) in [6, 6.07) is -0.662. The van der Waals surface area contributed by atoms with E-state index < -0.39 is 12.0 Å². The van der Waals surface area contributed by atoms with Crippen LogP contribution < -0.4 is 11.1 Å². The maximum Gasteiger partial charge on any atom is 0.346 e. The fourth-order valence-corrected chi connectivity index (χ4v) is 2.57. The second kappa shape index (κ2) is 4.14. The molecule has 3 N–H and O–H groups in total. The number of allylic oxidation sites excluding steroid dienone is 1. The summed E-state index contributed by atoms with van der Waals surface area (Å²) in [6.45, 7) is 3.96. The van der Waals surface area contributed by atoms with Crippen molar-refractivity contribution in [3.63, 3.8) is 0 Å². The Morgan fingerprint density at radius 3 is 2.60 bits per heavy atom. The van der Waals surface area contributed by atoms with Gasteiger partial charge in [-0.2, -0.15) is 0 Å². The molecule has 0 bridgehead atoms. The first-order chi connectivity index (χ1) is 6.85. The number of amides is 2. The summed E-state index contributed by atoms with van der Waals surface area (Å²) in [5, 5.41) is 2.46. The van der Waals surface area contributed by atoms with E-state index in [1.54, 1.807) is 0 Å². The highest BCUT2D eigenvalue weighted by Crippen LogP contribution is 2.45. The van der Waals surface area contributed by atoms with Gasteiger partial charge in [0.1, 0.15) is 4.91 Å². The minimum absolute atomic E-state index is 0.124. The Morgan fingerprint density at radius 1 is 1.53 bits per heavy atom. The average Bonchev–Trinajstić information content (AvgIpc) is 2.38. The molecule has 0 unspecified atom stereocenters. The number of primary amides is 1. The Hall–Kier alpha value is -1.17. The normalized spacial score (nSPS) is 18.9. The van der Waals surface area contributed by atoms with Crippen LogP contribution in [-0.4, -0.2) is 23.9 Å². The van der Waals surface area contributed by atoms with Crippen molar-refractivity contribution >= 4 is 23.8 Å².